The molecule has 2 heterocycles. The maximum atomic E-state index is 4.35. The number of aromatic nitrogens is 6. The Bertz CT molecular complexity index is 495. The van der Waals surface area contributed by atoms with Gasteiger partial charge in [-0.1, -0.05) is 0 Å². The summed E-state index contributed by atoms with van der Waals surface area (Å²) in [5.41, 5.74) is 0. The molecule has 8 nitrogen and oxygen atoms in total. The van der Waals surface area contributed by atoms with Crippen LogP contribution in [0.25, 0.3) is 5.95 Å². The third kappa shape index (κ3) is 2.53. The maximum absolute atomic E-state index is 4.35. The van der Waals surface area contributed by atoms with Crippen LogP contribution in [0.15, 0.2) is 12.7 Å². The van der Waals surface area contributed by atoms with Crippen LogP contribution in [-0.2, 0) is 0 Å². The van der Waals surface area contributed by atoms with Crippen LogP contribution in [-0.4, -0.2) is 49.9 Å². The molecule has 0 aliphatic rings. The van der Waals surface area contributed by atoms with Gasteiger partial charge in [-0.25, -0.2) is 4.98 Å². The molecule has 2 rings (SSSR count). The molecule has 8 heteroatoms. The number of rotatable bonds is 5. The topological polar surface area (TPSA) is 84.7 Å². The SMILES string of the molecule is CCNc1nc(N(C)CC)nc(-n2cncn2)n1. The summed E-state index contributed by atoms with van der Waals surface area (Å²) >= 11 is 0. The number of hydrogen-bond donors (Lipinski definition) is 1. The van der Waals surface area contributed by atoms with E-state index in [-0.39, 0.29) is 0 Å². The van der Waals surface area contributed by atoms with Gasteiger partial charge in [-0.05, 0) is 13.8 Å². The molecule has 1 N–H and O–H groups in total. The molecule has 0 aliphatic heterocycles. The molecule has 0 unspecified atom stereocenters. The number of nitrogens with zero attached hydrogens (tertiary/aromatic N) is 7. The minimum atomic E-state index is 0.453. The third-order valence-electron chi connectivity index (χ3n) is 2.39. The molecular weight excluding hydrogens is 232 g/mol. The molecule has 2 aromatic rings. The van der Waals surface area contributed by atoms with E-state index in [2.05, 4.69) is 30.4 Å². The van der Waals surface area contributed by atoms with Crippen LogP contribution < -0.4 is 10.2 Å². The summed E-state index contributed by atoms with van der Waals surface area (Å²) in [6.07, 6.45) is 3.00. The van der Waals surface area contributed by atoms with E-state index in [0.29, 0.717) is 17.8 Å². The normalized spacial score (nSPS) is 10.4. The molecular formula is C10H16N8. The Hall–Kier alpha value is -2.25. The lowest BCUT2D eigenvalue weighted by Crippen LogP contribution is -2.21. The van der Waals surface area contributed by atoms with Gasteiger partial charge in [0.2, 0.25) is 11.9 Å². The van der Waals surface area contributed by atoms with Crippen molar-refractivity contribution in [1.29, 1.82) is 0 Å². The van der Waals surface area contributed by atoms with Crippen molar-refractivity contribution < 1.29 is 0 Å². The highest BCUT2D eigenvalue weighted by molar-refractivity contribution is 5.39. The number of hydrogen-bond acceptors (Lipinski definition) is 7. The predicted octanol–water partition coefficient (Wildman–Crippen LogP) is 0.340. The summed E-state index contributed by atoms with van der Waals surface area (Å²) in [7, 11) is 1.93. The molecule has 0 aliphatic carbocycles. The molecule has 0 saturated heterocycles. The zero-order chi connectivity index (χ0) is 13.0. The monoisotopic (exact) mass is 248 g/mol. The summed E-state index contributed by atoms with van der Waals surface area (Å²) in [6.45, 7) is 5.58. The smallest absolute Gasteiger partial charge is 0.258 e. The lowest BCUT2D eigenvalue weighted by atomic mass is 10.6. The number of nitrogens with one attached hydrogen (secondary N) is 1. The van der Waals surface area contributed by atoms with E-state index in [1.165, 1.54) is 11.0 Å². The van der Waals surface area contributed by atoms with Crippen LogP contribution in [0.5, 0.6) is 0 Å². The Morgan fingerprint density at radius 3 is 2.72 bits per heavy atom. The Balaban J connectivity index is 2.42. The lowest BCUT2D eigenvalue weighted by Gasteiger charge is -2.15. The molecule has 0 spiro atoms. The van der Waals surface area contributed by atoms with Gasteiger partial charge in [-0.3, -0.25) is 0 Å². The van der Waals surface area contributed by atoms with E-state index in [4.69, 9.17) is 0 Å². The highest BCUT2D eigenvalue weighted by atomic mass is 15.4. The van der Waals surface area contributed by atoms with Crippen LogP contribution in [0.2, 0.25) is 0 Å². The van der Waals surface area contributed by atoms with Crippen molar-refractivity contribution in [1.82, 2.24) is 29.7 Å². The summed E-state index contributed by atoms with van der Waals surface area (Å²) < 4.78 is 1.51. The summed E-state index contributed by atoms with van der Waals surface area (Å²) in [5, 5.41) is 7.10. The predicted molar refractivity (Wildman–Crippen MR) is 67.9 cm³/mol. The van der Waals surface area contributed by atoms with Gasteiger partial charge in [0.15, 0.2) is 0 Å². The molecule has 0 saturated carbocycles. The van der Waals surface area contributed by atoms with Crippen LogP contribution in [0.1, 0.15) is 13.8 Å². The van der Waals surface area contributed by atoms with E-state index >= 15 is 0 Å². The van der Waals surface area contributed by atoms with Gasteiger partial charge < -0.3 is 10.2 Å². The first-order valence-electron chi connectivity index (χ1n) is 5.80. The van der Waals surface area contributed by atoms with Gasteiger partial charge in [0, 0.05) is 20.1 Å². The van der Waals surface area contributed by atoms with Gasteiger partial charge in [0.05, 0.1) is 0 Å². The quantitative estimate of drug-likeness (QED) is 0.816. The number of anilines is 2. The molecule has 0 aromatic carbocycles. The average Bonchev–Trinajstić information content (AvgIpc) is 2.91. The second-order valence-corrected chi connectivity index (χ2v) is 3.64. The van der Waals surface area contributed by atoms with Crippen LogP contribution in [0.3, 0.4) is 0 Å². The van der Waals surface area contributed by atoms with Crippen molar-refractivity contribution in [3.8, 4) is 5.95 Å². The fourth-order valence-electron chi connectivity index (χ4n) is 1.32. The first-order chi connectivity index (χ1) is 8.74. The van der Waals surface area contributed by atoms with Gasteiger partial charge in [-0.15, -0.1) is 0 Å². The molecule has 96 valence electrons. The second-order valence-electron chi connectivity index (χ2n) is 3.64. The van der Waals surface area contributed by atoms with Crippen LogP contribution in [0, 0.1) is 0 Å². The van der Waals surface area contributed by atoms with Gasteiger partial charge in [-0.2, -0.15) is 24.7 Å². The van der Waals surface area contributed by atoms with Crippen molar-refractivity contribution in [2.24, 2.45) is 0 Å². The van der Waals surface area contributed by atoms with E-state index in [1.54, 1.807) is 6.33 Å². The molecule has 0 radical (unpaired) electrons. The van der Waals surface area contributed by atoms with Gasteiger partial charge in [0.1, 0.15) is 12.7 Å². The molecule has 0 amide bonds. The van der Waals surface area contributed by atoms with Crippen molar-refractivity contribution in [3.63, 3.8) is 0 Å². The Morgan fingerprint density at radius 1 is 1.28 bits per heavy atom. The minimum Gasteiger partial charge on any atom is -0.354 e. The Kier molecular flexibility index (Phi) is 3.66. The van der Waals surface area contributed by atoms with E-state index in [1.807, 2.05) is 25.8 Å². The standard InChI is InChI=1S/C10H16N8/c1-4-12-8-14-9(17(3)5-2)16-10(15-8)18-7-11-6-13-18/h6-7H,4-5H2,1-3H3,(H,12,14,15,16). The summed E-state index contributed by atoms with van der Waals surface area (Å²) in [4.78, 5) is 18.8. The van der Waals surface area contributed by atoms with Crippen molar-refractivity contribution in [2.75, 3.05) is 30.4 Å². The molecule has 0 fully saturated rings. The lowest BCUT2D eigenvalue weighted by molar-refractivity contribution is 0.779. The first kappa shape index (κ1) is 12.2. The van der Waals surface area contributed by atoms with E-state index < -0.39 is 0 Å². The second kappa shape index (κ2) is 5.39. The highest BCUT2D eigenvalue weighted by Gasteiger charge is 2.10. The zero-order valence-electron chi connectivity index (χ0n) is 10.7. The first-order valence-corrected chi connectivity index (χ1v) is 5.80. The third-order valence-corrected chi connectivity index (χ3v) is 2.39. The average molecular weight is 248 g/mol. The van der Waals surface area contributed by atoms with Crippen LogP contribution in [0.4, 0.5) is 11.9 Å². The Morgan fingerprint density at radius 2 is 2.11 bits per heavy atom. The summed E-state index contributed by atoms with van der Waals surface area (Å²) in [6, 6.07) is 0. The molecule has 0 bridgehead atoms. The van der Waals surface area contributed by atoms with E-state index in [9.17, 15) is 0 Å². The largest absolute Gasteiger partial charge is 0.354 e. The highest BCUT2D eigenvalue weighted by Crippen LogP contribution is 2.11. The fraction of sp³-hybridized carbons (Fsp3) is 0.500. The molecule has 2 aromatic heterocycles. The zero-order valence-corrected chi connectivity index (χ0v) is 10.7. The summed E-state index contributed by atoms with van der Waals surface area (Å²) in [5.74, 6) is 1.59. The van der Waals surface area contributed by atoms with Gasteiger partial charge in [0.25, 0.3) is 5.95 Å². The van der Waals surface area contributed by atoms with E-state index in [0.717, 1.165) is 13.1 Å². The van der Waals surface area contributed by atoms with Crippen molar-refractivity contribution >= 4 is 11.9 Å². The van der Waals surface area contributed by atoms with Crippen molar-refractivity contribution in [3.05, 3.63) is 12.7 Å². The molecule has 0 atom stereocenters. The minimum absolute atomic E-state index is 0.453. The van der Waals surface area contributed by atoms with Gasteiger partial charge >= 0.3 is 0 Å². The Labute approximate surface area is 105 Å². The molecule has 18 heavy (non-hydrogen) atoms. The van der Waals surface area contributed by atoms with Crippen LogP contribution >= 0.6 is 0 Å². The van der Waals surface area contributed by atoms with Crippen molar-refractivity contribution in [2.45, 2.75) is 13.8 Å². The maximum Gasteiger partial charge on any atom is 0.258 e. The fourth-order valence-corrected chi connectivity index (χ4v) is 1.32.